The average Bonchev–Trinajstić information content (AvgIpc) is 3.06. The van der Waals surface area contributed by atoms with E-state index in [1.165, 1.54) is 5.39 Å². The van der Waals surface area contributed by atoms with Crippen molar-refractivity contribution in [2.75, 3.05) is 31.1 Å². The van der Waals surface area contributed by atoms with Crippen molar-refractivity contribution in [1.82, 2.24) is 9.47 Å². The minimum Gasteiger partial charge on any atom is -0.338 e. The van der Waals surface area contributed by atoms with Crippen LogP contribution in [-0.2, 0) is 11.3 Å². The highest BCUT2D eigenvalue weighted by molar-refractivity contribution is 5.83. The minimum atomic E-state index is 0.188. The summed E-state index contributed by atoms with van der Waals surface area (Å²) in [6.07, 6.45) is 3.93. The Balaban J connectivity index is 1.40. The number of aromatic nitrogens is 2. The van der Waals surface area contributed by atoms with E-state index >= 15 is 0 Å². The molecule has 24 heavy (non-hydrogen) atoms. The summed E-state index contributed by atoms with van der Waals surface area (Å²) in [6.45, 7) is 3.66. The van der Waals surface area contributed by atoms with Crippen LogP contribution in [-0.4, -0.2) is 41.6 Å². The van der Waals surface area contributed by atoms with Crippen molar-refractivity contribution in [2.24, 2.45) is 0 Å². The summed E-state index contributed by atoms with van der Waals surface area (Å²) >= 11 is 0. The Hall–Kier alpha value is -2.82. The van der Waals surface area contributed by atoms with E-state index in [1.54, 1.807) is 0 Å². The zero-order valence-electron chi connectivity index (χ0n) is 13.6. The number of amides is 1. The van der Waals surface area contributed by atoms with Gasteiger partial charge in [-0.3, -0.25) is 9.69 Å². The Morgan fingerprint density at radius 2 is 1.75 bits per heavy atom. The lowest BCUT2D eigenvalue weighted by atomic mass is 10.2. The molecule has 0 spiro atoms. The number of nitrogens with zero attached hydrogens (tertiary/aromatic N) is 3. The van der Waals surface area contributed by atoms with E-state index in [4.69, 9.17) is 0 Å². The Kier molecular flexibility index (Phi) is 3.91. The highest BCUT2D eigenvalue weighted by atomic mass is 16.2. The molecule has 0 unspecified atom stereocenters. The molecular formula is C19H21N4O+. The first-order valence-electron chi connectivity index (χ1n) is 8.34. The van der Waals surface area contributed by atoms with Gasteiger partial charge in [0.05, 0.1) is 19.3 Å². The number of hydrogen-bond acceptors (Lipinski definition) is 2. The Labute approximate surface area is 141 Å². The van der Waals surface area contributed by atoms with Gasteiger partial charge in [-0.1, -0.05) is 24.3 Å². The minimum absolute atomic E-state index is 0.188. The third kappa shape index (κ3) is 2.85. The van der Waals surface area contributed by atoms with Gasteiger partial charge in [-0.05, 0) is 23.6 Å². The standard InChI is InChI=1S/C19H20N4O/c24-19(15-23-10-8-16-5-1-2-6-17(16)23)22-13-11-21(12-14-22)18-7-3-4-9-20-18/h1-10H,11-15H2/p+1. The van der Waals surface area contributed by atoms with E-state index in [2.05, 4.69) is 34.1 Å². The van der Waals surface area contributed by atoms with Crippen LogP contribution < -0.4 is 9.88 Å². The fourth-order valence-electron chi connectivity index (χ4n) is 3.30. The molecule has 122 valence electrons. The van der Waals surface area contributed by atoms with Gasteiger partial charge in [0.25, 0.3) is 5.82 Å². The zero-order chi connectivity index (χ0) is 16.4. The fraction of sp³-hybridized carbons (Fsp3) is 0.263. The van der Waals surface area contributed by atoms with Gasteiger partial charge in [-0.25, -0.2) is 4.98 Å². The molecule has 0 radical (unpaired) electrons. The van der Waals surface area contributed by atoms with Crippen molar-refractivity contribution in [2.45, 2.75) is 6.54 Å². The molecule has 1 saturated heterocycles. The van der Waals surface area contributed by atoms with Gasteiger partial charge in [-0.15, -0.1) is 0 Å². The molecule has 0 atom stereocenters. The van der Waals surface area contributed by atoms with Gasteiger partial charge < -0.3 is 9.47 Å². The number of anilines is 1. The number of fused-ring (bicyclic) bond motifs is 1. The molecule has 1 aliphatic heterocycles. The third-order valence-electron chi connectivity index (χ3n) is 4.65. The average molecular weight is 321 g/mol. The maximum absolute atomic E-state index is 12.6. The van der Waals surface area contributed by atoms with Gasteiger partial charge in [0.1, 0.15) is 19.6 Å². The molecule has 0 aliphatic carbocycles. The van der Waals surface area contributed by atoms with E-state index < -0.39 is 0 Å². The number of H-pyrrole nitrogens is 1. The number of carbonyl (C=O) groups excluding carboxylic acids is 1. The number of benzene rings is 1. The number of pyridine rings is 1. The van der Waals surface area contributed by atoms with Crippen LogP contribution >= 0.6 is 0 Å². The Morgan fingerprint density at radius 1 is 0.958 bits per heavy atom. The SMILES string of the molecule is O=C(Cn1ccc2ccccc21)N1CCN(c2cccc[nH+]2)CC1. The maximum Gasteiger partial charge on any atom is 0.274 e. The molecule has 1 aromatic carbocycles. The zero-order valence-corrected chi connectivity index (χ0v) is 13.6. The van der Waals surface area contributed by atoms with Crippen LogP contribution in [0.4, 0.5) is 5.82 Å². The van der Waals surface area contributed by atoms with Gasteiger partial charge >= 0.3 is 0 Å². The largest absolute Gasteiger partial charge is 0.338 e. The van der Waals surface area contributed by atoms with E-state index in [0.717, 1.165) is 37.5 Å². The van der Waals surface area contributed by atoms with Crippen LogP contribution in [0.25, 0.3) is 10.9 Å². The highest BCUT2D eigenvalue weighted by Gasteiger charge is 2.26. The fourth-order valence-corrected chi connectivity index (χ4v) is 3.30. The predicted octanol–water partition coefficient (Wildman–Crippen LogP) is 1.80. The molecule has 3 aromatic rings. The molecule has 1 fully saturated rings. The van der Waals surface area contributed by atoms with E-state index in [9.17, 15) is 4.79 Å². The quantitative estimate of drug-likeness (QED) is 0.738. The van der Waals surface area contributed by atoms with Crippen LogP contribution in [0, 0.1) is 0 Å². The van der Waals surface area contributed by atoms with Crippen LogP contribution in [0.5, 0.6) is 0 Å². The summed E-state index contributed by atoms with van der Waals surface area (Å²) in [6, 6.07) is 16.3. The Morgan fingerprint density at radius 3 is 2.54 bits per heavy atom. The molecular weight excluding hydrogens is 300 g/mol. The number of nitrogens with one attached hydrogen (secondary N) is 1. The summed E-state index contributed by atoms with van der Waals surface area (Å²) in [7, 11) is 0. The van der Waals surface area contributed by atoms with Crippen LogP contribution in [0.15, 0.2) is 60.9 Å². The third-order valence-corrected chi connectivity index (χ3v) is 4.65. The van der Waals surface area contributed by atoms with E-state index in [0.29, 0.717) is 6.54 Å². The van der Waals surface area contributed by atoms with Crippen LogP contribution in [0.2, 0.25) is 0 Å². The lowest BCUT2D eigenvalue weighted by molar-refractivity contribution is -0.364. The summed E-state index contributed by atoms with van der Waals surface area (Å²) in [5.74, 6) is 1.30. The molecule has 2 aromatic heterocycles. The second kappa shape index (κ2) is 6.35. The molecule has 1 N–H and O–H groups in total. The van der Waals surface area contributed by atoms with Crippen molar-refractivity contribution in [3.8, 4) is 0 Å². The molecule has 0 saturated carbocycles. The van der Waals surface area contributed by atoms with Crippen molar-refractivity contribution in [3.05, 3.63) is 60.9 Å². The van der Waals surface area contributed by atoms with Gasteiger partial charge in [0.2, 0.25) is 5.91 Å². The molecule has 3 heterocycles. The van der Waals surface area contributed by atoms with Gasteiger partial charge in [-0.2, -0.15) is 0 Å². The smallest absolute Gasteiger partial charge is 0.274 e. The molecule has 4 rings (SSSR count). The number of hydrogen-bond donors (Lipinski definition) is 0. The lowest BCUT2D eigenvalue weighted by Crippen LogP contribution is -2.50. The summed E-state index contributed by atoms with van der Waals surface area (Å²) in [5.41, 5.74) is 1.11. The second-order valence-corrected chi connectivity index (χ2v) is 6.12. The highest BCUT2D eigenvalue weighted by Crippen LogP contribution is 2.16. The number of piperazine rings is 1. The summed E-state index contributed by atoms with van der Waals surface area (Å²) < 4.78 is 2.04. The number of rotatable bonds is 3. The van der Waals surface area contributed by atoms with Crippen molar-refractivity contribution in [1.29, 1.82) is 0 Å². The maximum atomic E-state index is 12.6. The summed E-state index contributed by atoms with van der Waals surface area (Å²) in [5, 5.41) is 1.18. The van der Waals surface area contributed by atoms with E-state index in [-0.39, 0.29) is 5.91 Å². The normalized spacial score (nSPS) is 15.0. The lowest BCUT2D eigenvalue weighted by Gasteiger charge is -2.31. The van der Waals surface area contributed by atoms with Gasteiger partial charge in [0.15, 0.2) is 0 Å². The summed E-state index contributed by atoms with van der Waals surface area (Å²) in [4.78, 5) is 20.1. The molecule has 5 heteroatoms. The number of carbonyl (C=O) groups is 1. The first-order chi connectivity index (χ1) is 11.8. The van der Waals surface area contributed by atoms with Crippen molar-refractivity contribution in [3.63, 3.8) is 0 Å². The monoisotopic (exact) mass is 321 g/mol. The molecule has 5 nitrogen and oxygen atoms in total. The topological polar surface area (TPSA) is 42.6 Å². The number of aromatic amines is 1. The Bertz CT molecular complexity index is 835. The number of para-hydroxylation sites is 1. The molecule has 0 bridgehead atoms. The second-order valence-electron chi connectivity index (χ2n) is 6.12. The first kappa shape index (κ1) is 14.8. The predicted molar refractivity (Wildman–Crippen MR) is 93.7 cm³/mol. The van der Waals surface area contributed by atoms with Crippen LogP contribution in [0.3, 0.4) is 0 Å². The van der Waals surface area contributed by atoms with Crippen LogP contribution in [0.1, 0.15) is 0 Å². The van der Waals surface area contributed by atoms with Crippen molar-refractivity contribution >= 4 is 22.6 Å². The first-order valence-corrected chi connectivity index (χ1v) is 8.34. The molecule has 1 amide bonds. The molecule has 1 aliphatic rings. The van der Waals surface area contributed by atoms with Gasteiger partial charge in [0, 0.05) is 17.8 Å². The van der Waals surface area contributed by atoms with E-state index in [1.807, 2.05) is 46.1 Å². The van der Waals surface area contributed by atoms with Crippen molar-refractivity contribution < 1.29 is 9.78 Å².